The van der Waals surface area contributed by atoms with Crippen molar-refractivity contribution in [1.29, 1.82) is 0 Å². The van der Waals surface area contributed by atoms with Crippen molar-refractivity contribution >= 4 is 12.4 Å². The van der Waals surface area contributed by atoms with E-state index in [2.05, 4.69) is 22.1 Å². The molecule has 0 unspecified atom stereocenters. The molecule has 168 valence electrons. The Kier molecular flexibility index (Phi) is 7.79. The van der Waals surface area contributed by atoms with E-state index in [-0.39, 0.29) is 30.2 Å². The Morgan fingerprint density at radius 3 is 2.71 bits per heavy atom. The zero-order valence-electron chi connectivity index (χ0n) is 18.0. The van der Waals surface area contributed by atoms with Gasteiger partial charge in [-0.3, -0.25) is 14.5 Å². The van der Waals surface area contributed by atoms with Gasteiger partial charge in [0.2, 0.25) is 11.8 Å². The van der Waals surface area contributed by atoms with Gasteiger partial charge in [0.1, 0.15) is 11.6 Å². The largest absolute Gasteiger partial charge is 0.483 e. The number of carboxylic acid groups (broad SMARTS) is 1. The van der Waals surface area contributed by atoms with Crippen LogP contribution in [0.2, 0.25) is 0 Å². The predicted octanol–water partition coefficient (Wildman–Crippen LogP) is 3.62. The molecule has 1 saturated heterocycles. The Morgan fingerprint density at radius 2 is 2.06 bits per heavy atom. The van der Waals surface area contributed by atoms with E-state index in [1.807, 2.05) is 6.92 Å². The Bertz CT molecular complexity index is 897. The summed E-state index contributed by atoms with van der Waals surface area (Å²) in [6, 6.07) is 6.81. The van der Waals surface area contributed by atoms with Gasteiger partial charge in [0.05, 0.1) is 11.3 Å². The first-order valence-corrected chi connectivity index (χ1v) is 10.8. The molecule has 2 aromatic rings. The van der Waals surface area contributed by atoms with Crippen LogP contribution in [0.15, 0.2) is 28.7 Å². The van der Waals surface area contributed by atoms with E-state index >= 15 is 0 Å². The van der Waals surface area contributed by atoms with Crippen molar-refractivity contribution in [3.05, 3.63) is 41.5 Å². The summed E-state index contributed by atoms with van der Waals surface area (Å²) in [7, 11) is 0. The van der Waals surface area contributed by atoms with Crippen molar-refractivity contribution in [2.45, 2.75) is 52.1 Å². The predicted molar refractivity (Wildman–Crippen MR) is 114 cm³/mol. The van der Waals surface area contributed by atoms with Gasteiger partial charge < -0.3 is 14.8 Å². The molecule has 2 fully saturated rings. The Morgan fingerprint density at radius 1 is 1.35 bits per heavy atom. The van der Waals surface area contributed by atoms with E-state index in [0.29, 0.717) is 23.9 Å². The molecule has 1 aromatic carbocycles. The Labute approximate surface area is 181 Å². The van der Waals surface area contributed by atoms with E-state index in [4.69, 9.17) is 14.3 Å². The molecular weight excluding hydrogens is 401 g/mol. The number of carbonyl (C=O) groups is 2. The highest BCUT2D eigenvalue weighted by molar-refractivity contribution is 5.81. The third-order valence-corrected chi connectivity index (χ3v) is 5.99. The number of aromatic nitrogens is 1. The number of hydrogen-bond donors (Lipinski definition) is 2. The van der Waals surface area contributed by atoms with Crippen LogP contribution in [0.5, 0.6) is 0 Å². The lowest BCUT2D eigenvalue weighted by Crippen LogP contribution is -2.50. The molecule has 4 rings (SSSR count). The fraction of sp³-hybridized carbons (Fsp3) is 0.522. The highest BCUT2D eigenvalue weighted by Gasteiger charge is 2.35. The van der Waals surface area contributed by atoms with Crippen molar-refractivity contribution in [2.24, 2.45) is 11.8 Å². The van der Waals surface area contributed by atoms with Crippen molar-refractivity contribution in [1.82, 2.24) is 15.2 Å². The minimum atomic E-state index is -0.325. The fourth-order valence-electron chi connectivity index (χ4n) is 4.04. The van der Waals surface area contributed by atoms with Gasteiger partial charge in [0.25, 0.3) is 6.47 Å². The number of rotatable bonds is 6. The summed E-state index contributed by atoms with van der Waals surface area (Å²) in [5.74, 6) is 1.67. The molecule has 2 atom stereocenters. The number of aryl methyl sites for hydroxylation is 1. The van der Waals surface area contributed by atoms with E-state index in [0.717, 1.165) is 50.2 Å². The maximum Gasteiger partial charge on any atom is 0.290 e. The first-order valence-electron chi connectivity index (χ1n) is 10.8. The molecule has 2 heterocycles. The van der Waals surface area contributed by atoms with E-state index in [1.165, 1.54) is 6.07 Å². The lowest BCUT2D eigenvalue weighted by atomic mass is 9.89. The lowest BCUT2D eigenvalue weighted by molar-refractivity contribution is -0.124. The lowest BCUT2D eigenvalue weighted by Gasteiger charge is -2.38. The van der Waals surface area contributed by atoms with Gasteiger partial charge in [-0.05, 0) is 44.2 Å². The van der Waals surface area contributed by atoms with Crippen molar-refractivity contribution < 1.29 is 23.5 Å². The van der Waals surface area contributed by atoms with E-state index in [9.17, 15) is 9.18 Å². The summed E-state index contributed by atoms with van der Waals surface area (Å²) in [5, 5.41) is 10.2. The Balaban J connectivity index is 0.000000858. The number of nitrogens with zero attached hydrogens (tertiary/aromatic N) is 2. The highest BCUT2D eigenvalue weighted by atomic mass is 19.1. The zero-order chi connectivity index (χ0) is 22.4. The van der Waals surface area contributed by atoms with Crippen LogP contribution in [-0.2, 0) is 16.1 Å². The van der Waals surface area contributed by atoms with Crippen LogP contribution >= 0.6 is 0 Å². The SMILES string of the molecule is CC[C@@H]1CN(Cc2nc(-c3ccccc3F)oc2C)CC[C@@H]1NC(=O)C1CC1.O=CO. The third kappa shape index (κ3) is 5.91. The van der Waals surface area contributed by atoms with Crippen LogP contribution < -0.4 is 5.32 Å². The standard InChI is InChI=1S/C22H28FN3O2.CH2O2/c1-3-15-12-26(11-10-19(15)24-21(27)16-8-9-16)13-20-14(2)28-22(25-20)17-6-4-5-7-18(17)23;2-1-3/h4-7,15-16,19H,3,8-13H2,1-2H3,(H,24,27);1H,(H,2,3)/t15-,19+;/m1./s1. The van der Waals surface area contributed by atoms with Gasteiger partial charge in [-0.25, -0.2) is 9.37 Å². The molecular formula is C23H30FN3O4. The number of amides is 1. The van der Waals surface area contributed by atoms with Gasteiger partial charge in [-0.1, -0.05) is 25.5 Å². The Hall–Kier alpha value is -2.74. The second-order valence-electron chi connectivity index (χ2n) is 8.19. The quantitative estimate of drug-likeness (QED) is 0.679. The van der Waals surface area contributed by atoms with Crippen LogP contribution in [0, 0.1) is 24.6 Å². The van der Waals surface area contributed by atoms with Crippen LogP contribution in [0.1, 0.15) is 44.1 Å². The molecule has 2 aliphatic rings. The molecule has 31 heavy (non-hydrogen) atoms. The number of halogens is 1. The van der Waals surface area contributed by atoms with Crippen LogP contribution in [-0.4, -0.2) is 46.5 Å². The van der Waals surface area contributed by atoms with Gasteiger partial charge in [0.15, 0.2) is 0 Å². The summed E-state index contributed by atoms with van der Waals surface area (Å²) >= 11 is 0. The molecule has 0 bridgehead atoms. The van der Waals surface area contributed by atoms with Gasteiger partial charge in [-0.15, -0.1) is 0 Å². The molecule has 1 amide bonds. The first kappa shape index (κ1) is 22.9. The smallest absolute Gasteiger partial charge is 0.290 e. The highest BCUT2D eigenvalue weighted by Crippen LogP contribution is 2.31. The van der Waals surface area contributed by atoms with Crippen molar-refractivity contribution in [3.8, 4) is 11.5 Å². The summed E-state index contributed by atoms with van der Waals surface area (Å²) in [4.78, 5) is 27.4. The molecule has 0 radical (unpaired) electrons. The average molecular weight is 432 g/mol. The molecule has 1 aromatic heterocycles. The van der Waals surface area contributed by atoms with Gasteiger partial charge >= 0.3 is 0 Å². The average Bonchev–Trinajstić information content (AvgIpc) is 3.54. The van der Waals surface area contributed by atoms with Gasteiger partial charge in [-0.2, -0.15) is 0 Å². The number of carbonyl (C=O) groups excluding carboxylic acids is 1. The van der Waals surface area contributed by atoms with Gasteiger partial charge in [0, 0.05) is 31.6 Å². The number of hydrogen-bond acceptors (Lipinski definition) is 5. The van der Waals surface area contributed by atoms with Crippen LogP contribution in [0.3, 0.4) is 0 Å². The number of likely N-dealkylation sites (tertiary alicyclic amines) is 1. The second-order valence-corrected chi connectivity index (χ2v) is 8.19. The first-order chi connectivity index (χ1) is 15.0. The van der Waals surface area contributed by atoms with E-state index in [1.54, 1.807) is 18.2 Å². The monoisotopic (exact) mass is 431 g/mol. The molecule has 7 nitrogen and oxygen atoms in total. The minimum absolute atomic E-state index is 0.235. The number of nitrogens with one attached hydrogen (secondary N) is 1. The second kappa shape index (κ2) is 10.5. The maximum absolute atomic E-state index is 14.0. The molecule has 0 spiro atoms. The van der Waals surface area contributed by atoms with Crippen molar-refractivity contribution in [2.75, 3.05) is 13.1 Å². The number of benzene rings is 1. The molecule has 8 heteroatoms. The zero-order valence-corrected chi connectivity index (χ0v) is 18.0. The normalized spacial score (nSPS) is 21.1. The number of piperidine rings is 1. The summed E-state index contributed by atoms with van der Waals surface area (Å²) < 4.78 is 19.8. The summed E-state index contributed by atoms with van der Waals surface area (Å²) in [5.41, 5.74) is 1.25. The topological polar surface area (TPSA) is 95.7 Å². The molecule has 1 aliphatic carbocycles. The number of oxazole rings is 1. The van der Waals surface area contributed by atoms with Crippen LogP contribution in [0.25, 0.3) is 11.5 Å². The third-order valence-electron chi connectivity index (χ3n) is 5.99. The molecule has 2 N–H and O–H groups in total. The minimum Gasteiger partial charge on any atom is -0.483 e. The molecule has 1 saturated carbocycles. The summed E-state index contributed by atoms with van der Waals surface area (Å²) in [6.45, 7) is 6.33. The van der Waals surface area contributed by atoms with E-state index < -0.39 is 0 Å². The van der Waals surface area contributed by atoms with Crippen molar-refractivity contribution in [3.63, 3.8) is 0 Å². The fourth-order valence-corrected chi connectivity index (χ4v) is 4.04. The summed E-state index contributed by atoms with van der Waals surface area (Å²) in [6.07, 6.45) is 4.06. The van der Waals surface area contributed by atoms with Crippen LogP contribution in [0.4, 0.5) is 4.39 Å². The molecule has 1 aliphatic heterocycles. The maximum atomic E-state index is 14.0.